The van der Waals surface area contributed by atoms with Crippen molar-refractivity contribution in [2.24, 2.45) is 4.99 Å². The van der Waals surface area contributed by atoms with E-state index in [4.69, 9.17) is 4.99 Å². The number of nitrogens with zero attached hydrogens (tertiary/aromatic N) is 2. The molecule has 0 atom stereocenters. The van der Waals surface area contributed by atoms with Crippen molar-refractivity contribution < 1.29 is 0 Å². The van der Waals surface area contributed by atoms with Crippen molar-refractivity contribution in [3.8, 4) is 0 Å². The highest BCUT2D eigenvalue weighted by Crippen LogP contribution is 2.17. The molecular weight excluding hydrogens is 256 g/mol. The van der Waals surface area contributed by atoms with Crippen molar-refractivity contribution in [2.45, 2.75) is 25.7 Å². The van der Waals surface area contributed by atoms with E-state index >= 15 is 0 Å². The maximum atomic E-state index is 4.92. The van der Waals surface area contributed by atoms with Crippen LogP contribution in [0.25, 0.3) is 0 Å². The number of amidine groups is 1. The third-order valence-corrected chi connectivity index (χ3v) is 3.94. The summed E-state index contributed by atoms with van der Waals surface area (Å²) in [6.45, 7) is 2.27. The van der Waals surface area contributed by atoms with Gasteiger partial charge in [0.25, 0.3) is 0 Å². The van der Waals surface area contributed by atoms with E-state index in [2.05, 4.69) is 59.5 Å². The van der Waals surface area contributed by atoms with Gasteiger partial charge in [-0.25, -0.2) is 4.99 Å². The third kappa shape index (κ3) is 3.94. The predicted octanol–water partition coefficient (Wildman–Crippen LogP) is 4.45. The zero-order chi connectivity index (χ0) is 14.3. The van der Waals surface area contributed by atoms with Crippen molar-refractivity contribution in [1.29, 1.82) is 0 Å². The van der Waals surface area contributed by atoms with E-state index < -0.39 is 0 Å². The van der Waals surface area contributed by atoms with Crippen molar-refractivity contribution in [3.05, 3.63) is 66.2 Å². The number of piperidine rings is 1. The van der Waals surface area contributed by atoms with Crippen LogP contribution in [0.5, 0.6) is 0 Å². The number of likely N-dealkylation sites (tertiary alicyclic amines) is 1. The van der Waals surface area contributed by atoms with E-state index in [1.807, 2.05) is 6.07 Å². The Labute approximate surface area is 127 Å². The fourth-order valence-electron chi connectivity index (χ4n) is 2.80. The summed E-state index contributed by atoms with van der Waals surface area (Å²) in [4.78, 5) is 7.38. The van der Waals surface area contributed by atoms with E-state index in [0.717, 1.165) is 25.2 Å². The van der Waals surface area contributed by atoms with Gasteiger partial charge in [-0.15, -0.1) is 0 Å². The van der Waals surface area contributed by atoms with Gasteiger partial charge in [-0.05, 0) is 37.0 Å². The smallest absolute Gasteiger partial charge is 0.109 e. The molecule has 21 heavy (non-hydrogen) atoms. The number of rotatable bonds is 3. The molecule has 0 saturated carbocycles. The summed E-state index contributed by atoms with van der Waals surface area (Å²) >= 11 is 0. The Balaban J connectivity index is 1.85. The summed E-state index contributed by atoms with van der Waals surface area (Å²) in [6.07, 6.45) is 4.82. The molecule has 1 aliphatic heterocycles. The molecule has 0 bridgehead atoms. The van der Waals surface area contributed by atoms with Gasteiger partial charge >= 0.3 is 0 Å². The molecule has 1 fully saturated rings. The van der Waals surface area contributed by atoms with Gasteiger partial charge in [0.15, 0.2) is 0 Å². The molecule has 2 aromatic rings. The number of hydrogen-bond donors (Lipinski definition) is 0. The Hall–Kier alpha value is -2.09. The summed E-state index contributed by atoms with van der Waals surface area (Å²) < 4.78 is 0. The molecular formula is C19H22N2. The van der Waals surface area contributed by atoms with E-state index in [1.54, 1.807) is 0 Å². The van der Waals surface area contributed by atoms with Crippen molar-refractivity contribution >= 4 is 11.5 Å². The molecule has 0 spiro atoms. The maximum absolute atomic E-state index is 4.92. The second-order valence-corrected chi connectivity index (χ2v) is 5.57. The predicted molar refractivity (Wildman–Crippen MR) is 89.1 cm³/mol. The Morgan fingerprint density at radius 2 is 1.43 bits per heavy atom. The number of hydrogen-bond acceptors (Lipinski definition) is 1. The zero-order valence-corrected chi connectivity index (χ0v) is 12.4. The van der Waals surface area contributed by atoms with Gasteiger partial charge in [-0.1, -0.05) is 48.5 Å². The van der Waals surface area contributed by atoms with Crippen LogP contribution in [0.15, 0.2) is 65.7 Å². The summed E-state index contributed by atoms with van der Waals surface area (Å²) in [5, 5.41) is 0. The summed E-state index contributed by atoms with van der Waals surface area (Å²) in [5.74, 6) is 1.20. The first kappa shape index (κ1) is 13.9. The van der Waals surface area contributed by atoms with Gasteiger partial charge in [-0.3, -0.25) is 0 Å². The van der Waals surface area contributed by atoms with E-state index in [1.165, 1.54) is 30.7 Å². The molecule has 108 valence electrons. The van der Waals surface area contributed by atoms with Crippen molar-refractivity contribution in [2.75, 3.05) is 13.1 Å². The van der Waals surface area contributed by atoms with Crippen LogP contribution in [0.3, 0.4) is 0 Å². The van der Waals surface area contributed by atoms with Gasteiger partial charge in [0.05, 0.1) is 5.69 Å². The first-order valence-corrected chi connectivity index (χ1v) is 7.83. The van der Waals surface area contributed by atoms with Gasteiger partial charge in [0.2, 0.25) is 0 Å². The monoisotopic (exact) mass is 278 g/mol. The lowest BCUT2D eigenvalue weighted by Crippen LogP contribution is -2.36. The fraction of sp³-hybridized carbons (Fsp3) is 0.316. The summed E-state index contributed by atoms with van der Waals surface area (Å²) in [6, 6.07) is 20.9. The highest BCUT2D eigenvalue weighted by atomic mass is 15.2. The van der Waals surface area contributed by atoms with Crippen LogP contribution in [0.4, 0.5) is 5.69 Å². The minimum atomic E-state index is 0.912. The molecule has 2 aromatic carbocycles. The van der Waals surface area contributed by atoms with Crippen LogP contribution < -0.4 is 0 Å². The van der Waals surface area contributed by atoms with E-state index in [9.17, 15) is 0 Å². The standard InChI is InChI=1S/C19H22N2/c1-4-10-17(11-5-1)16-19(21-14-8-3-9-15-21)20-18-12-6-2-7-13-18/h1-2,4-7,10-13H,3,8-9,14-16H2. The minimum Gasteiger partial charge on any atom is -0.360 e. The second kappa shape index (κ2) is 7.07. The Morgan fingerprint density at radius 3 is 2.10 bits per heavy atom. The first-order chi connectivity index (χ1) is 10.4. The third-order valence-electron chi connectivity index (χ3n) is 3.94. The molecule has 2 nitrogen and oxygen atoms in total. The van der Waals surface area contributed by atoms with E-state index in [0.29, 0.717) is 0 Å². The SMILES string of the molecule is c1ccc(CC(=Nc2ccccc2)N2CCCCC2)cc1. The average Bonchev–Trinajstić information content (AvgIpc) is 2.57. The molecule has 3 rings (SSSR count). The molecule has 0 radical (unpaired) electrons. The van der Waals surface area contributed by atoms with Crippen molar-refractivity contribution in [3.63, 3.8) is 0 Å². The van der Waals surface area contributed by atoms with Crippen LogP contribution in [0.2, 0.25) is 0 Å². The Morgan fingerprint density at radius 1 is 0.810 bits per heavy atom. The van der Waals surface area contributed by atoms with Gasteiger partial charge in [0.1, 0.15) is 5.84 Å². The molecule has 1 heterocycles. The molecule has 0 N–H and O–H groups in total. The Bertz CT molecular complexity index is 569. The van der Waals surface area contributed by atoms with Crippen LogP contribution in [0, 0.1) is 0 Å². The molecule has 0 aliphatic carbocycles. The molecule has 1 aliphatic rings. The van der Waals surface area contributed by atoms with Gasteiger partial charge < -0.3 is 4.90 Å². The number of aliphatic imine (C=N–C) groups is 1. The zero-order valence-electron chi connectivity index (χ0n) is 12.4. The summed E-state index contributed by atoms with van der Waals surface area (Å²) in [5.41, 5.74) is 2.38. The number of benzene rings is 2. The van der Waals surface area contributed by atoms with E-state index in [-0.39, 0.29) is 0 Å². The van der Waals surface area contributed by atoms with Gasteiger partial charge in [0, 0.05) is 19.5 Å². The Kier molecular flexibility index (Phi) is 4.67. The lowest BCUT2D eigenvalue weighted by atomic mass is 10.1. The normalized spacial score (nSPS) is 16.0. The highest BCUT2D eigenvalue weighted by molar-refractivity contribution is 5.87. The molecule has 0 aromatic heterocycles. The quantitative estimate of drug-likeness (QED) is 0.598. The number of para-hydroxylation sites is 1. The van der Waals surface area contributed by atoms with Crippen LogP contribution in [-0.4, -0.2) is 23.8 Å². The minimum absolute atomic E-state index is 0.912. The molecule has 1 saturated heterocycles. The van der Waals surface area contributed by atoms with Gasteiger partial charge in [-0.2, -0.15) is 0 Å². The fourth-order valence-corrected chi connectivity index (χ4v) is 2.80. The average molecular weight is 278 g/mol. The largest absolute Gasteiger partial charge is 0.360 e. The molecule has 0 unspecified atom stereocenters. The molecule has 2 heteroatoms. The second-order valence-electron chi connectivity index (χ2n) is 5.57. The maximum Gasteiger partial charge on any atom is 0.109 e. The topological polar surface area (TPSA) is 15.6 Å². The van der Waals surface area contributed by atoms with Crippen LogP contribution in [-0.2, 0) is 6.42 Å². The molecule has 0 amide bonds. The van der Waals surface area contributed by atoms with Crippen LogP contribution >= 0.6 is 0 Å². The lowest BCUT2D eigenvalue weighted by molar-refractivity contribution is 0.338. The van der Waals surface area contributed by atoms with Crippen molar-refractivity contribution in [1.82, 2.24) is 4.90 Å². The first-order valence-electron chi connectivity index (χ1n) is 7.83. The lowest BCUT2D eigenvalue weighted by Gasteiger charge is -2.30. The summed E-state index contributed by atoms with van der Waals surface area (Å²) in [7, 11) is 0. The van der Waals surface area contributed by atoms with Crippen LogP contribution in [0.1, 0.15) is 24.8 Å². The highest BCUT2D eigenvalue weighted by Gasteiger charge is 2.15.